The van der Waals surface area contributed by atoms with Gasteiger partial charge >= 0.3 is 0 Å². The first kappa shape index (κ1) is 13.4. The van der Waals surface area contributed by atoms with Gasteiger partial charge in [0.25, 0.3) is 5.91 Å². The molecule has 114 valence electrons. The standard InChI is InChI=1S/C18H20N2O2/c1-13-4-7-16-14(11-13)5-6-15-12-19(8-9-20(15)16)18(21)17-3-2-10-22-17/h2-4,7,10-11,15H,5-6,8-9,12H2,1H3. The summed E-state index contributed by atoms with van der Waals surface area (Å²) in [6.07, 6.45) is 3.77. The summed E-state index contributed by atoms with van der Waals surface area (Å²) in [5.41, 5.74) is 4.12. The molecular weight excluding hydrogens is 276 g/mol. The number of amides is 1. The van der Waals surface area contributed by atoms with Crippen LogP contribution in [0.2, 0.25) is 0 Å². The molecule has 0 aliphatic carbocycles. The second-order valence-corrected chi connectivity index (χ2v) is 6.25. The zero-order valence-electron chi connectivity index (χ0n) is 12.8. The van der Waals surface area contributed by atoms with Gasteiger partial charge in [-0.15, -0.1) is 0 Å². The quantitative estimate of drug-likeness (QED) is 0.812. The molecule has 22 heavy (non-hydrogen) atoms. The Labute approximate surface area is 130 Å². The minimum Gasteiger partial charge on any atom is -0.459 e. The predicted molar refractivity (Wildman–Crippen MR) is 85.2 cm³/mol. The van der Waals surface area contributed by atoms with Crippen molar-refractivity contribution in [2.75, 3.05) is 24.5 Å². The molecule has 1 aromatic carbocycles. The number of aryl methyl sites for hydroxylation is 2. The molecule has 1 aromatic heterocycles. The SMILES string of the molecule is Cc1ccc2c(c1)CCC1CN(C(=O)c3ccco3)CCN21. The first-order valence-electron chi connectivity index (χ1n) is 7.91. The molecule has 4 rings (SSSR count). The van der Waals surface area contributed by atoms with Crippen molar-refractivity contribution in [3.8, 4) is 0 Å². The Morgan fingerprint density at radius 1 is 1.27 bits per heavy atom. The van der Waals surface area contributed by atoms with E-state index in [0.29, 0.717) is 11.8 Å². The third kappa shape index (κ3) is 2.19. The van der Waals surface area contributed by atoms with E-state index in [4.69, 9.17) is 4.42 Å². The lowest BCUT2D eigenvalue weighted by molar-refractivity contribution is 0.0685. The van der Waals surface area contributed by atoms with E-state index < -0.39 is 0 Å². The molecule has 0 saturated carbocycles. The second-order valence-electron chi connectivity index (χ2n) is 6.25. The lowest BCUT2D eigenvalue weighted by Crippen LogP contribution is -2.56. The highest BCUT2D eigenvalue weighted by molar-refractivity contribution is 5.91. The molecule has 1 atom stereocenters. The molecule has 1 unspecified atom stereocenters. The van der Waals surface area contributed by atoms with Crippen molar-refractivity contribution >= 4 is 11.6 Å². The Kier molecular flexibility index (Phi) is 3.17. The van der Waals surface area contributed by atoms with Crippen molar-refractivity contribution in [3.05, 3.63) is 53.5 Å². The van der Waals surface area contributed by atoms with Crippen LogP contribution in [0.3, 0.4) is 0 Å². The Morgan fingerprint density at radius 2 is 2.18 bits per heavy atom. The zero-order chi connectivity index (χ0) is 15.1. The predicted octanol–water partition coefficient (Wildman–Crippen LogP) is 2.87. The van der Waals surface area contributed by atoms with Gasteiger partial charge in [0.2, 0.25) is 0 Å². The van der Waals surface area contributed by atoms with Crippen LogP contribution >= 0.6 is 0 Å². The normalized spacial score (nSPS) is 20.5. The summed E-state index contributed by atoms with van der Waals surface area (Å²) in [4.78, 5) is 16.8. The minimum absolute atomic E-state index is 0.0133. The number of benzene rings is 1. The van der Waals surface area contributed by atoms with E-state index in [1.54, 1.807) is 18.4 Å². The Morgan fingerprint density at radius 3 is 3.00 bits per heavy atom. The van der Waals surface area contributed by atoms with Gasteiger partial charge in [-0.25, -0.2) is 0 Å². The van der Waals surface area contributed by atoms with Gasteiger partial charge in [-0.3, -0.25) is 4.79 Å². The molecule has 4 nitrogen and oxygen atoms in total. The Balaban J connectivity index is 1.54. The number of piperazine rings is 1. The van der Waals surface area contributed by atoms with Crippen LogP contribution in [-0.4, -0.2) is 36.5 Å². The number of rotatable bonds is 1. The van der Waals surface area contributed by atoms with Crippen molar-refractivity contribution in [2.24, 2.45) is 0 Å². The van der Waals surface area contributed by atoms with Gasteiger partial charge in [0.05, 0.1) is 6.26 Å². The summed E-state index contributed by atoms with van der Waals surface area (Å²) in [6, 6.07) is 10.6. The number of nitrogens with zero attached hydrogens (tertiary/aromatic N) is 2. The summed E-state index contributed by atoms with van der Waals surface area (Å²) >= 11 is 0. The van der Waals surface area contributed by atoms with E-state index >= 15 is 0 Å². The van der Waals surface area contributed by atoms with Gasteiger partial charge in [-0.2, -0.15) is 0 Å². The molecule has 1 amide bonds. The van der Waals surface area contributed by atoms with E-state index in [1.165, 1.54) is 16.8 Å². The molecule has 2 aliphatic heterocycles. The smallest absolute Gasteiger partial charge is 0.289 e. The van der Waals surface area contributed by atoms with Crippen LogP contribution in [0.4, 0.5) is 5.69 Å². The molecule has 2 aromatic rings. The van der Waals surface area contributed by atoms with E-state index in [1.807, 2.05) is 4.90 Å². The molecule has 0 radical (unpaired) electrons. The highest BCUT2D eigenvalue weighted by Gasteiger charge is 2.34. The first-order chi connectivity index (χ1) is 10.7. The number of carbonyl (C=O) groups excluding carboxylic acids is 1. The fourth-order valence-corrected chi connectivity index (χ4v) is 3.68. The van der Waals surface area contributed by atoms with Crippen LogP contribution in [0.1, 0.15) is 28.1 Å². The molecule has 2 aliphatic rings. The molecule has 0 N–H and O–H groups in total. The lowest BCUT2D eigenvalue weighted by Gasteiger charge is -2.46. The maximum Gasteiger partial charge on any atom is 0.289 e. The average Bonchev–Trinajstić information content (AvgIpc) is 3.07. The highest BCUT2D eigenvalue weighted by atomic mass is 16.3. The summed E-state index contributed by atoms with van der Waals surface area (Å²) in [5.74, 6) is 0.458. The van der Waals surface area contributed by atoms with Gasteiger partial charge < -0.3 is 14.2 Å². The van der Waals surface area contributed by atoms with Crippen molar-refractivity contribution in [1.82, 2.24) is 4.90 Å². The molecule has 3 heterocycles. The van der Waals surface area contributed by atoms with Crippen molar-refractivity contribution < 1.29 is 9.21 Å². The molecule has 0 spiro atoms. The Hall–Kier alpha value is -2.23. The van der Waals surface area contributed by atoms with E-state index in [-0.39, 0.29) is 5.91 Å². The van der Waals surface area contributed by atoms with E-state index in [9.17, 15) is 4.79 Å². The van der Waals surface area contributed by atoms with Gasteiger partial charge in [-0.1, -0.05) is 17.7 Å². The molecular formula is C18H20N2O2. The summed E-state index contributed by atoms with van der Waals surface area (Å²) in [6.45, 7) is 4.58. The van der Waals surface area contributed by atoms with Crippen LogP contribution in [-0.2, 0) is 6.42 Å². The monoisotopic (exact) mass is 296 g/mol. The number of carbonyl (C=O) groups is 1. The molecule has 1 fully saturated rings. The van der Waals surface area contributed by atoms with Crippen LogP contribution in [0, 0.1) is 6.92 Å². The third-order valence-electron chi connectivity index (χ3n) is 4.79. The molecule has 4 heteroatoms. The number of anilines is 1. The fourth-order valence-electron chi connectivity index (χ4n) is 3.68. The van der Waals surface area contributed by atoms with E-state index in [0.717, 1.165) is 32.5 Å². The van der Waals surface area contributed by atoms with E-state index in [2.05, 4.69) is 30.0 Å². The topological polar surface area (TPSA) is 36.7 Å². The van der Waals surface area contributed by atoms with Crippen LogP contribution in [0.5, 0.6) is 0 Å². The zero-order valence-corrected chi connectivity index (χ0v) is 12.8. The molecule has 1 saturated heterocycles. The van der Waals surface area contributed by atoms with Crippen molar-refractivity contribution in [2.45, 2.75) is 25.8 Å². The fraction of sp³-hybridized carbons (Fsp3) is 0.389. The first-order valence-corrected chi connectivity index (χ1v) is 7.91. The summed E-state index contributed by atoms with van der Waals surface area (Å²) < 4.78 is 5.25. The Bertz CT molecular complexity index is 693. The number of furan rings is 1. The maximum atomic E-state index is 12.4. The number of hydrogen-bond acceptors (Lipinski definition) is 3. The van der Waals surface area contributed by atoms with Crippen molar-refractivity contribution in [3.63, 3.8) is 0 Å². The number of fused-ring (bicyclic) bond motifs is 3. The van der Waals surface area contributed by atoms with Crippen molar-refractivity contribution in [1.29, 1.82) is 0 Å². The van der Waals surface area contributed by atoms with Crippen LogP contribution < -0.4 is 4.90 Å². The van der Waals surface area contributed by atoms with Crippen LogP contribution in [0.25, 0.3) is 0 Å². The van der Waals surface area contributed by atoms with Gasteiger partial charge in [0.1, 0.15) is 0 Å². The minimum atomic E-state index is 0.0133. The summed E-state index contributed by atoms with van der Waals surface area (Å²) in [5, 5.41) is 0. The molecule has 0 bridgehead atoms. The van der Waals surface area contributed by atoms with Crippen LogP contribution in [0.15, 0.2) is 41.0 Å². The maximum absolute atomic E-state index is 12.4. The highest BCUT2D eigenvalue weighted by Crippen LogP contribution is 2.33. The van der Waals surface area contributed by atoms with Gasteiger partial charge in [0, 0.05) is 31.4 Å². The third-order valence-corrected chi connectivity index (χ3v) is 4.79. The summed E-state index contributed by atoms with van der Waals surface area (Å²) in [7, 11) is 0. The number of hydrogen-bond donors (Lipinski definition) is 0. The largest absolute Gasteiger partial charge is 0.459 e. The second kappa shape index (κ2) is 5.20. The van der Waals surface area contributed by atoms with Gasteiger partial charge in [-0.05, 0) is 43.5 Å². The lowest BCUT2D eigenvalue weighted by atomic mass is 9.92. The van der Waals surface area contributed by atoms with Gasteiger partial charge in [0.15, 0.2) is 5.76 Å². The average molecular weight is 296 g/mol.